The summed E-state index contributed by atoms with van der Waals surface area (Å²) in [5.41, 5.74) is -2.30. The number of aromatic nitrogens is 1. The molecule has 0 bridgehead atoms. The summed E-state index contributed by atoms with van der Waals surface area (Å²) in [5.74, 6) is -1.31. The van der Waals surface area contributed by atoms with Crippen LogP contribution < -0.4 is 5.32 Å². The molecule has 1 unspecified atom stereocenters. The SMILES string of the molecule is O=C(O)C1(Nc2cc(C(F)(F)F)ccn2)CCOC1. The Kier molecular flexibility index (Phi) is 3.36. The number of carboxylic acids is 1. The van der Waals surface area contributed by atoms with Crippen molar-refractivity contribution in [3.05, 3.63) is 23.9 Å². The minimum atomic E-state index is -4.50. The minimum absolute atomic E-state index is 0.111. The van der Waals surface area contributed by atoms with Gasteiger partial charge in [-0.15, -0.1) is 0 Å². The van der Waals surface area contributed by atoms with Crippen LogP contribution in [0.5, 0.6) is 0 Å². The molecule has 5 nitrogen and oxygen atoms in total. The molecule has 104 valence electrons. The molecule has 0 amide bonds. The Morgan fingerprint density at radius 1 is 1.53 bits per heavy atom. The number of nitrogens with one attached hydrogen (secondary N) is 1. The van der Waals surface area contributed by atoms with Gasteiger partial charge in [0.25, 0.3) is 0 Å². The largest absolute Gasteiger partial charge is 0.479 e. The molecule has 0 aliphatic carbocycles. The molecular formula is C11H11F3N2O3. The molecule has 1 aromatic heterocycles. The number of anilines is 1. The van der Waals surface area contributed by atoms with Crippen LogP contribution in [0, 0.1) is 0 Å². The molecule has 2 heterocycles. The third-order valence-corrected chi connectivity index (χ3v) is 2.89. The van der Waals surface area contributed by atoms with Crippen molar-refractivity contribution in [3.8, 4) is 0 Å². The quantitative estimate of drug-likeness (QED) is 0.880. The third-order valence-electron chi connectivity index (χ3n) is 2.89. The predicted octanol–water partition coefficient (Wildman–Crippen LogP) is 1.76. The van der Waals surface area contributed by atoms with E-state index in [2.05, 4.69) is 10.3 Å². The van der Waals surface area contributed by atoms with E-state index in [0.717, 1.165) is 18.3 Å². The Morgan fingerprint density at radius 3 is 2.79 bits per heavy atom. The molecule has 2 N–H and O–H groups in total. The molecule has 0 saturated carbocycles. The Hall–Kier alpha value is -1.83. The molecule has 1 aliphatic heterocycles. The lowest BCUT2D eigenvalue weighted by molar-refractivity contribution is -0.142. The molecule has 1 aromatic rings. The lowest BCUT2D eigenvalue weighted by Crippen LogP contribution is -2.47. The van der Waals surface area contributed by atoms with Gasteiger partial charge in [-0.2, -0.15) is 13.2 Å². The molecule has 0 aromatic carbocycles. The second kappa shape index (κ2) is 4.69. The maximum atomic E-state index is 12.5. The number of hydrogen-bond acceptors (Lipinski definition) is 4. The van der Waals surface area contributed by atoms with Gasteiger partial charge in [0.1, 0.15) is 5.82 Å². The number of pyridine rings is 1. The predicted molar refractivity (Wildman–Crippen MR) is 58.7 cm³/mol. The van der Waals surface area contributed by atoms with Gasteiger partial charge in [-0.1, -0.05) is 0 Å². The van der Waals surface area contributed by atoms with Crippen molar-refractivity contribution in [2.45, 2.75) is 18.1 Å². The van der Waals surface area contributed by atoms with Crippen molar-refractivity contribution in [2.75, 3.05) is 18.5 Å². The summed E-state index contributed by atoms with van der Waals surface area (Å²) >= 11 is 0. The fourth-order valence-electron chi connectivity index (χ4n) is 1.81. The Balaban J connectivity index is 2.25. The number of nitrogens with zero attached hydrogens (tertiary/aromatic N) is 1. The standard InChI is InChI=1S/C11H11F3N2O3/c12-11(13,14)7-1-3-15-8(5-7)16-10(9(17)18)2-4-19-6-10/h1,3,5H,2,4,6H2,(H,15,16)(H,17,18). The van der Waals surface area contributed by atoms with Crippen LogP contribution in [0.1, 0.15) is 12.0 Å². The summed E-state index contributed by atoms with van der Waals surface area (Å²) in [6.07, 6.45) is -3.35. The Bertz CT molecular complexity index is 484. The summed E-state index contributed by atoms with van der Waals surface area (Å²) in [7, 11) is 0. The average molecular weight is 276 g/mol. The monoisotopic (exact) mass is 276 g/mol. The smallest absolute Gasteiger partial charge is 0.416 e. The van der Waals surface area contributed by atoms with Gasteiger partial charge in [0, 0.05) is 19.2 Å². The van der Waals surface area contributed by atoms with E-state index in [4.69, 9.17) is 9.84 Å². The van der Waals surface area contributed by atoms with Crippen molar-refractivity contribution >= 4 is 11.8 Å². The van der Waals surface area contributed by atoms with Crippen LogP contribution in [0.2, 0.25) is 0 Å². The number of hydrogen-bond donors (Lipinski definition) is 2. The van der Waals surface area contributed by atoms with E-state index in [1.165, 1.54) is 0 Å². The highest BCUT2D eigenvalue weighted by Gasteiger charge is 2.43. The fraction of sp³-hybridized carbons (Fsp3) is 0.455. The second-order valence-corrected chi connectivity index (χ2v) is 4.24. The van der Waals surface area contributed by atoms with E-state index in [-0.39, 0.29) is 25.5 Å². The number of carboxylic acid groups (broad SMARTS) is 1. The highest BCUT2D eigenvalue weighted by molar-refractivity contribution is 5.83. The van der Waals surface area contributed by atoms with E-state index < -0.39 is 23.2 Å². The zero-order valence-corrected chi connectivity index (χ0v) is 9.70. The van der Waals surface area contributed by atoms with E-state index in [9.17, 15) is 18.0 Å². The topological polar surface area (TPSA) is 71.5 Å². The molecule has 8 heteroatoms. The Morgan fingerprint density at radius 2 is 2.26 bits per heavy atom. The molecule has 2 rings (SSSR count). The highest BCUT2D eigenvalue weighted by atomic mass is 19.4. The third kappa shape index (κ3) is 2.78. The van der Waals surface area contributed by atoms with Crippen LogP contribution in [-0.2, 0) is 15.7 Å². The first kappa shape index (κ1) is 13.6. The number of ether oxygens (including phenoxy) is 1. The Labute approximate surface area is 106 Å². The lowest BCUT2D eigenvalue weighted by atomic mass is 9.99. The van der Waals surface area contributed by atoms with Gasteiger partial charge in [-0.25, -0.2) is 9.78 Å². The van der Waals surface area contributed by atoms with Crippen LogP contribution in [-0.4, -0.2) is 34.8 Å². The van der Waals surface area contributed by atoms with Crippen LogP contribution in [0.4, 0.5) is 19.0 Å². The number of aliphatic carboxylic acids is 1. The maximum absolute atomic E-state index is 12.5. The normalized spacial score (nSPS) is 23.3. The summed E-state index contributed by atoms with van der Waals surface area (Å²) < 4.78 is 42.6. The van der Waals surface area contributed by atoms with Crippen molar-refractivity contribution in [2.24, 2.45) is 0 Å². The molecule has 19 heavy (non-hydrogen) atoms. The first-order valence-corrected chi connectivity index (χ1v) is 5.46. The second-order valence-electron chi connectivity index (χ2n) is 4.24. The van der Waals surface area contributed by atoms with E-state index in [0.29, 0.717) is 0 Å². The van der Waals surface area contributed by atoms with Gasteiger partial charge < -0.3 is 15.2 Å². The van der Waals surface area contributed by atoms with Gasteiger partial charge in [0.2, 0.25) is 0 Å². The summed E-state index contributed by atoms with van der Waals surface area (Å²) in [5, 5.41) is 11.7. The first-order chi connectivity index (χ1) is 8.83. The molecule has 1 fully saturated rings. The fourth-order valence-corrected chi connectivity index (χ4v) is 1.81. The number of halogens is 3. The van der Waals surface area contributed by atoms with Gasteiger partial charge in [-0.05, 0) is 12.1 Å². The van der Waals surface area contributed by atoms with E-state index in [1.807, 2.05) is 0 Å². The number of carbonyl (C=O) groups is 1. The molecule has 1 aliphatic rings. The van der Waals surface area contributed by atoms with Gasteiger partial charge >= 0.3 is 12.1 Å². The lowest BCUT2D eigenvalue weighted by Gasteiger charge is -2.24. The van der Waals surface area contributed by atoms with Crippen molar-refractivity contribution in [1.82, 2.24) is 4.98 Å². The van der Waals surface area contributed by atoms with Crippen LogP contribution >= 0.6 is 0 Å². The van der Waals surface area contributed by atoms with Gasteiger partial charge in [0.15, 0.2) is 5.54 Å². The van der Waals surface area contributed by atoms with Crippen molar-refractivity contribution < 1.29 is 27.8 Å². The van der Waals surface area contributed by atoms with Crippen LogP contribution in [0.3, 0.4) is 0 Å². The summed E-state index contributed by atoms with van der Waals surface area (Å²) in [6, 6.07) is 1.60. The van der Waals surface area contributed by atoms with Gasteiger partial charge in [-0.3, -0.25) is 0 Å². The zero-order valence-electron chi connectivity index (χ0n) is 9.70. The van der Waals surface area contributed by atoms with E-state index >= 15 is 0 Å². The molecule has 1 atom stereocenters. The van der Waals surface area contributed by atoms with Crippen LogP contribution in [0.25, 0.3) is 0 Å². The average Bonchev–Trinajstić information content (AvgIpc) is 2.78. The maximum Gasteiger partial charge on any atom is 0.416 e. The summed E-state index contributed by atoms with van der Waals surface area (Å²) in [4.78, 5) is 14.9. The number of alkyl halides is 3. The van der Waals surface area contributed by atoms with Crippen LogP contribution in [0.15, 0.2) is 18.3 Å². The molecule has 0 spiro atoms. The number of rotatable bonds is 3. The molecule has 1 saturated heterocycles. The minimum Gasteiger partial charge on any atom is -0.479 e. The van der Waals surface area contributed by atoms with E-state index in [1.54, 1.807) is 0 Å². The highest BCUT2D eigenvalue weighted by Crippen LogP contribution is 2.31. The first-order valence-electron chi connectivity index (χ1n) is 5.46. The van der Waals surface area contributed by atoms with Crippen molar-refractivity contribution in [1.29, 1.82) is 0 Å². The van der Waals surface area contributed by atoms with Crippen molar-refractivity contribution in [3.63, 3.8) is 0 Å². The molecule has 0 radical (unpaired) electrons. The zero-order chi connectivity index (χ0) is 14.1. The molecular weight excluding hydrogens is 265 g/mol. The summed E-state index contributed by atoms with van der Waals surface area (Å²) in [6.45, 7) is 0.124. The van der Waals surface area contributed by atoms with Gasteiger partial charge in [0.05, 0.1) is 12.2 Å².